The summed E-state index contributed by atoms with van der Waals surface area (Å²) in [6.07, 6.45) is 0.461. The quantitative estimate of drug-likeness (QED) is 0.414. The molecule has 0 aliphatic carbocycles. The maximum atomic E-state index is 12.7. The van der Waals surface area contributed by atoms with Crippen LogP contribution in [0.2, 0.25) is 0 Å². The normalized spacial score (nSPS) is 12.6. The number of esters is 1. The summed E-state index contributed by atoms with van der Waals surface area (Å²) in [6.45, 7) is -0.514. The Hall–Kier alpha value is -3.22. The Kier molecular flexibility index (Phi) is 7.49. The van der Waals surface area contributed by atoms with Crippen LogP contribution in [0.1, 0.15) is 11.1 Å². The third-order valence-electron chi connectivity index (χ3n) is 4.15. The average molecular weight is 370 g/mol. The number of hydrogen-bond donors (Lipinski definition) is 1. The second-order valence-corrected chi connectivity index (χ2v) is 6.18. The van der Waals surface area contributed by atoms with Crippen LogP contribution in [0.25, 0.3) is 0 Å². The van der Waals surface area contributed by atoms with Crippen LogP contribution >= 0.6 is 0 Å². The number of ether oxygens (including phenoxy) is 1. The molecule has 0 aromatic heterocycles. The molecule has 0 saturated carbocycles. The number of nitro groups is 1. The molecule has 2 aromatic rings. The van der Waals surface area contributed by atoms with Crippen LogP contribution in [0, 0.1) is 16.0 Å². The fraction of sp³-hybridized carbons (Fsp3) is 0.300. The molecular formula is C20H22N2O5. The molecule has 142 valence electrons. The van der Waals surface area contributed by atoms with E-state index in [9.17, 15) is 19.7 Å². The van der Waals surface area contributed by atoms with Gasteiger partial charge in [-0.3, -0.25) is 14.9 Å². The lowest BCUT2D eigenvalue weighted by Crippen LogP contribution is -2.47. The van der Waals surface area contributed by atoms with Crippen LogP contribution in [0.3, 0.4) is 0 Å². The van der Waals surface area contributed by atoms with Crippen LogP contribution in [-0.2, 0) is 27.2 Å². The standard InChI is InChI=1S/C20H22N2O5/c1-27-20(24)18(13-16-10-6-3-7-11-16)21-19(23)17(14-22(25)26)12-15-8-4-2-5-9-15/h2-11,17-18H,12-14H2,1H3,(H,21,23)/t17-,18-/m0/s1. The highest BCUT2D eigenvalue weighted by Gasteiger charge is 2.29. The highest BCUT2D eigenvalue weighted by atomic mass is 16.6. The van der Waals surface area contributed by atoms with E-state index in [0.717, 1.165) is 11.1 Å². The second kappa shape index (κ2) is 10.1. The van der Waals surface area contributed by atoms with Gasteiger partial charge in [-0.25, -0.2) is 4.79 Å². The maximum Gasteiger partial charge on any atom is 0.328 e. The van der Waals surface area contributed by atoms with E-state index < -0.39 is 35.3 Å². The lowest BCUT2D eigenvalue weighted by Gasteiger charge is -2.20. The first-order valence-electron chi connectivity index (χ1n) is 8.57. The van der Waals surface area contributed by atoms with Gasteiger partial charge in [0.05, 0.1) is 7.11 Å². The van der Waals surface area contributed by atoms with Crippen molar-refractivity contribution in [1.82, 2.24) is 5.32 Å². The van der Waals surface area contributed by atoms with Crippen molar-refractivity contribution in [2.75, 3.05) is 13.7 Å². The third kappa shape index (κ3) is 6.54. The molecule has 2 atom stereocenters. The highest BCUT2D eigenvalue weighted by molar-refractivity contribution is 5.86. The van der Waals surface area contributed by atoms with Crippen molar-refractivity contribution >= 4 is 11.9 Å². The number of carbonyl (C=O) groups is 2. The van der Waals surface area contributed by atoms with Crippen LogP contribution in [0.15, 0.2) is 60.7 Å². The molecule has 2 rings (SSSR count). The first-order chi connectivity index (χ1) is 13.0. The fourth-order valence-corrected chi connectivity index (χ4v) is 2.79. The van der Waals surface area contributed by atoms with E-state index in [1.54, 1.807) is 0 Å². The Morgan fingerprint density at radius 1 is 1.00 bits per heavy atom. The number of methoxy groups -OCH3 is 1. The monoisotopic (exact) mass is 370 g/mol. The van der Waals surface area contributed by atoms with Gasteiger partial charge in [-0.05, 0) is 17.5 Å². The number of rotatable bonds is 9. The predicted molar refractivity (Wildman–Crippen MR) is 99.6 cm³/mol. The van der Waals surface area contributed by atoms with E-state index in [2.05, 4.69) is 5.32 Å². The molecule has 0 fully saturated rings. The molecule has 0 aliphatic heterocycles. The summed E-state index contributed by atoms with van der Waals surface area (Å²) >= 11 is 0. The van der Waals surface area contributed by atoms with Gasteiger partial charge in [0.25, 0.3) is 0 Å². The van der Waals surface area contributed by atoms with Gasteiger partial charge < -0.3 is 10.1 Å². The van der Waals surface area contributed by atoms with Gasteiger partial charge in [0, 0.05) is 11.3 Å². The molecule has 2 aromatic carbocycles. The first kappa shape index (κ1) is 20.1. The van der Waals surface area contributed by atoms with E-state index in [1.165, 1.54) is 7.11 Å². The first-order valence-corrected chi connectivity index (χ1v) is 8.57. The molecule has 0 spiro atoms. The van der Waals surface area contributed by atoms with Gasteiger partial charge in [0.1, 0.15) is 12.0 Å². The SMILES string of the molecule is COC(=O)[C@H](Cc1ccccc1)NC(=O)[C@@H](Cc1ccccc1)C[N+](=O)[O-]. The molecule has 0 unspecified atom stereocenters. The molecule has 7 heteroatoms. The Labute approximate surface area is 157 Å². The molecule has 0 bridgehead atoms. The van der Waals surface area contributed by atoms with Crippen LogP contribution < -0.4 is 5.32 Å². The Bertz CT molecular complexity index is 764. The predicted octanol–water partition coefficient (Wildman–Crippen LogP) is 2.02. The number of nitrogens with zero attached hydrogens (tertiary/aromatic N) is 1. The van der Waals surface area contributed by atoms with Gasteiger partial charge in [-0.15, -0.1) is 0 Å². The summed E-state index contributed by atoms with van der Waals surface area (Å²) in [5.41, 5.74) is 1.67. The van der Waals surface area contributed by atoms with Crippen molar-refractivity contribution in [2.45, 2.75) is 18.9 Å². The largest absolute Gasteiger partial charge is 0.467 e. The summed E-state index contributed by atoms with van der Waals surface area (Å²) < 4.78 is 4.78. The highest BCUT2D eigenvalue weighted by Crippen LogP contribution is 2.11. The average Bonchev–Trinajstić information content (AvgIpc) is 2.67. The number of amides is 1. The zero-order valence-electron chi connectivity index (χ0n) is 15.0. The van der Waals surface area contributed by atoms with E-state index in [0.29, 0.717) is 0 Å². The summed E-state index contributed by atoms with van der Waals surface area (Å²) in [5.74, 6) is -2.01. The van der Waals surface area contributed by atoms with E-state index in [-0.39, 0.29) is 12.8 Å². The van der Waals surface area contributed by atoms with Crippen molar-refractivity contribution in [3.8, 4) is 0 Å². The van der Waals surface area contributed by atoms with Crippen molar-refractivity contribution in [1.29, 1.82) is 0 Å². The van der Waals surface area contributed by atoms with Gasteiger partial charge in [0.2, 0.25) is 12.5 Å². The Balaban J connectivity index is 2.13. The summed E-state index contributed by atoms with van der Waals surface area (Å²) in [6, 6.07) is 17.3. The Morgan fingerprint density at radius 2 is 1.52 bits per heavy atom. The minimum atomic E-state index is -0.907. The lowest BCUT2D eigenvalue weighted by atomic mass is 9.97. The molecular weight excluding hydrogens is 348 g/mol. The maximum absolute atomic E-state index is 12.7. The molecule has 7 nitrogen and oxygen atoms in total. The van der Waals surface area contributed by atoms with E-state index in [1.807, 2.05) is 60.7 Å². The van der Waals surface area contributed by atoms with E-state index in [4.69, 9.17) is 4.74 Å². The molecule has 0 radical (unpaired) electrons. The van der Waals surface area contributed by atoms with E-state index >= 15 is 0 Å². The minimum Gasteiger partial charge on any atom is -0.467 e. The smallest absolute Gasteiger partial charge is 0.328 e. The third-order valence-corrected chi connectivity index (χ3v) is 4.15. The number of nitrogens with one attached hydrogen (secondary N) is 1. The molecule has 1 N–H and O–H groups in total. The molecule has 0 saturated heterocycles. The van der Waals surface area contributed by atoms with Crippen LogP contribution in [-0.4, -0.2) is 36.5 Å². The fourth-order valence-electron chi connectivity index (χ4n) is 2.79. The topological polar surface area (TPSA) is 98.5 Å². The Morgan fingerprint density at radius 3 is 2.00 bits per heavy atom. The summed E-state index contributed by atoms with van der Waals surface area (Å²) in [5, 5.41) is 13.6. The van der Waals surface area contributed by atoms with Crippen LogP contribution in [0.4, 0.5) is 0 Å². The number of hydrogen-bond acceptors (Lipinski definition) is 5. The molecule has 1 amide bonds. The van der Waals surface area contributed by atoms with Gasteiger partial charge in [-0.2, -0.15) is 0 Å². The zero-order valence-corrected chi connectivity index (χ0v) is 15.0. The lowest BCUT2D eigenvalue weighted by molar-refractivity contribution is -0.485. The zero-order chi connectivity index (χ0) is 19.6. The van der Waals surface area contributed by atoms with Gasteiger partial charge >= 0.3 is 5.97 Å². The van der Waals surface area contributed by atoms with Crippen molar-refractivity contribution in [2.24, 2.45) is 5.92 Å². The van der Waals surface area contributed by atoms with Crippen LogP contribution in [0.5, 0.6) is 0 Å². The molecule has 27 heavy (non-hydrogen) atoms. The summed E-state index contributed by atoms with van der Waals surface area (Å²) in [4.78, 5) is 35.3. The van der Waals surface area contributed by atoms with Crippen molar-refractivity contribution in [3.05, 3.63) is 81.9 Å². The van der Waals surface area contributed by atoms with Crippen molar-refractivity contribution in [3.63, 3.8) is 0 Å². The summed E-state index contributed by atoms with van der Waals surface area (Å²) in [7, 11) is 1.24. The molecule has 0 aliphatic rings. The molecule has 0 heterocycles. The minimum absolute atomic E-state index is 0.215. The van der Waals surface area contributed by atoms with Gasteiger partial charge in [-0.1, -0.05) is 60.7 Å². The second-order valence-electron chi connectivity index (χ2n) is 6.18. The number of carbonyl (C=O) groups excluding carboxylic acids is 2. The van der Waals surface area contributed by atoms with Crippen molar-refractivity contribution < 1.29 is 19.2 Å². The number of benzene rings is 2. The van der Waals surface area contributed by atoms with Gasteiger partial charge in [0.15, 0.2) is 0 Å².